The SMILES string of the molecule is N=C(N)c1ccncc1SC1COC1. The fraction of sp³-hybridized carbons (Fsp3) is 0.333. The van der Waals surface area contributed by atoms with Gasteiger partial charge in [0.05, 0.1) is 18.5 Å². The van der Waals surface area contributed by atoms with Crippen LogP contribution in [-0.4, -0.2) is 29.3 Å². The van der Waals surface area contributed by atoms with Gasteiger partial charge in [-0.25, -0.2) is 0 Å². The van der Waals surface area contributed by atoms with Crippen LogP contribution in [0.25, 0.3) is 0 Å². The first-order valence-corrected chi connectivity index (χ1v) is 5.18. The molecule has 0 radical (unpaired) electrons. The molecule has 0 atom stereocenters. The van der Waals surface area contributed by atoms with Crippen LogP contribution in [-0.2, 0) is 4.74 Å². The van der Waals surface area contributed by atoms with E-state index in [2.05, 4.69) is 4.98 Å². The number of rotatable bonds is 3. The summed E-state index contributed by atoms with van der Waals surface area (Å²) >= 11 is 1.68. The lowest BCUT2D eigenvalue weighted by atomic mass is 10.2. The maximum atomic E-state index is 7.40. The van der Waals surface area contributed by atoms with Crippen molar-refractivity contribution >= 4 is 17.6 Å². The van der Waals surface area contributed by atoms with Crippen LogP contribution in [0.3, 0.4) is 0 Å². The second-order valence-electron chi connectivity index (χ2n) is 3.06. The maximum Gasteiger partial charge on any atom is 0.124 e. The Labute approximate surface area is 86.4 Å². The summed E-state index contributed by atoms with van der Waals surface area (Å²) < 4.78 is 5.08. The van der Waals surface area contributed by atoms with Crippen molar-refractivity contribution in [2.24, 2.45) is 5.73 Å². The number of thioether (sulfide) groups is 1. The summed E-state index contributed by atoms with van der Waals surface area (Å²) in [6.07, 6.45) is 3.40. The standard InChI is InChI=1S/C9H11N3OS/c10-9(11)7-1-2-12-3-8(7)14-6-4-13-5-6/h1-3,6H,4-5H2,(H3,10,11). The van der Waals surface area contributed by atoms with Crippen molar-refractivity contribution in [2.45, 2.75) is 10.1 Å². The van der Waals surface area contributed by atoms with Crippen molar-refractivity contribution in [3.63, 3.8) is 0 Å². The van der Waals surface area contributed by atoms with Gasteiger partial charge in [0, 0.05) is 22.9 Å². The van der Waals surface area contributed by atoms with Crippen LogP contribution in [0.2, 0.25) is 0 Å². The number of nitrogens with zero attached hydrogens (tertiary/aromatic N) is 1. The first kappa shape index (κ1) is 9.48. The molecule has 74 valence electrons. The molecule has 5 heteroatoms. The summed E-state index contributed by atoms with van der Waals surface area (Å²) in [6.45, 7) is 1.55. The number of aromatic nitrogens is 1. The van der Waals surface area contributed by atoms with E-state index in [0.717, 1.165) is 23.7 Å². The average molecular weight is 209 g/mol. The molecule has 1 aromatic rings. The number of ether oxygens (including phenoxy) is 1. The zero-order valence-electron chi connectivity index (χ0n) is 7.56. The second kappa shape index (κ2) is 3.98. The monoisotopic (exact) mass is 209 g/mol. The van der Waals surface area contributed by atoms with Gasteiger partial charge in [0.25, 0.3) is 0 Å². The first-order valence-electron chi connectivity index (χ1n) is 4.30. The summed E-state index contributed by atoms with van der Waals surface area (Å²) in [5.41, 5.74) is 6.22. The molecule has 0 aliphatic carbocycles. The fourth-order valence-corrected chi connectivity index (χ4v) is 2.27. The van der Waals surface area contributed by atoms with E-state index in [0.29, 0.717) is 5.25 Å². The van der Waals surface area contributed by atoms with E-state index in [1.165, 1.54) is 0 Å². The summed E-state index contributed by atoms with van der Waals surface area (Å²) in [7, 11) is 0. The van der Waals surface area contributed by atoms with Crippen LogP contribution in [0.1, 0.15) is 5.56 Å². The molecular formula is C9H11N3OS. The van der Waals surface area contributed by atoms with E-state index in [4.69, 9.17) is 15.9 Å². The fourth-order valence-electron chi connectivity index (χ4n) is 1.16. The third-order valence-electron chi connectivity index (χ3n) is 1.98. The molecule has 0 amide bonds. The predicted octanol–water partition coefficient (Wildman–Crippen LogP) is 0.857. The molecule has 1 saturated heterocycles. The van der Waals surface area contributed by atoms with Crippen LogP contribution in [0.4, 0.5) is 0 Å². The molecule has 1 aliphatic rings. The second-order valence-corrected chi connectivity index (χ2v) is 4.41. The predicted molar refractivity (Wildman–Crippen MR) is 55.7 cm³/mol. The smallest absolute Gasteiger partial charge is 0.124 e. The van der Waals surface area contributed by atoms with Crippen LogP contribution in [0.15, 0.2) is 23.4 Å². The number of hydrogen-bond donors (Lipinski definition) is 2. The highest BCUT2D eigenvalue weighted by Crippen LogP contribution is 2.29. The van der Waals surface area contributed by atoms with Crippen LogP contribution >= 0.6 is 11.8 Å². The van der Waals surface area contributed by atoms with Gasteiger partial charge in [-0.2, -0.15) is 0 Å². The summed E-state index contributed by atoms with van der Waals surface area (Å²) in [5, 5.41) is 7.88. The largest absolute Gasteiger partial charge is 0.384 e. The molecule has 1 aromatic heterocycles. The molecule has 3 N–H and O–H groups in total. The Hall–Kier alpha value is -1.07. The van der Waals surface area contributed by atoms with E-state index >= 15 is 0 Å². The van der Waals surface area contributed by atoms with Gasteiger partial charge in [0.2, 0.25) is 0 Å². The van der Waals surface area contributed by atoms with Gasteiger partial charge in [-0.15, -0.1) is 11.8 Å². The zero-order chi connectivity index (χ0) is 9.97. The zero-order valence-corrected chi connectivity index (χ0v) is 8.38. The normalized spacial score (nSPS) is 16.3. The molecule has 0 saturated carbocycles. The molecule has 1 fully saturated rings. The lowest BCUT2D eigenvalue weighted by Gasteiger charge is -2.25. The number of nitrogens with two attached hydrogens (primary N) is 1. The van der Waals surface area contributed by atoms with Crippen LogP contribution in [0, 0.1) is 5.41 Å². The quantitative estimate of drug-likeness (QED) is 0.572. The Morgan fingerprint density at radius 1 is 1.64 bits per heavy atom. The van der Waals surface area contributed by atoms with E-state index in [1.54, 1.807) is 30.2 Å². The van der Waals surface area contributed by atoms with Crippen molar-refractivity contribution in [3.05, 3.63) is 24.0 Å². The first-order chi connectivity index (χ1) is 6.77. The van der Waals surface area contributed by atoms with Crippen molar-refractivity contribution in [3.8, 4) is 0 Å². The minimum atomic E-state index is 0.0927. The molecule has 0 spiro atoms. The van der Waals surface area contributed by atoms with Crippen molar-refractivity contribution in [1.82, 2.24) is 4.98 Å². The summed E-state index contributed by atoms with van der Waals surface area (Å²) in [4.78, 5) is 4.99. The highest BCUT2D eigenvalue weighted by Gasteiger charge is 2.21. The number of pyridine rings is 1. The van der Waals surface area contributed by atoms with Gasteiger partial charge < -0.3 is 10.5 Å². The third kappa shape index (κ3) is 1.88. The Bertz CT molecular complexity index is 352. The molecule has 2 heterocycles. The third-order valence-corrected chi connectivity index (χ3v) is 3.16. The number of amidine groups is 1. The summed E-state index contributed by atoms with van der Waals surface area (Å²) in [6, 6.07) is 1.77. The van der Waals surface area contributed by atoms with E-state index in [-0.39, 0.29) is 5.84 Å². The molecule has 4 nitrogen and oxygen atoms in total. The highest BCUT2D eigenvalue weighted by molar-refractivity contribution is 8.00. The molecule has 0 bridgehead atoms. The van der Waals surface area contributed by atoms with Gasteiger partial charge in [0.1, 0.15) is 5.84 Å². The minimum absolute atomic E-state index is 0.0927. The number of nitrogen functional groups attached to an aromatic ring is 1. The van der Waals surface area contributed by atoms with Gasteiger partial charge in [-0.3, -0.25) is 10.4 Å². The van der Waals surface area contributed by atoms with Crippen molar-refractivity contribution < 1.29 is 4.74 Å². The molecule has 2 rings (SSSR count). The molecule has 0 unspecified atom stereocenters. The minimum Gasteiger partial charge on any atom is -0.384 e. The topological polar surface area (TPSA) is 72.0 Å². The van der Waals surface area contributed by atoms with E-state index in [1.807, 2.05) is 0 Å². The Kier molecular flexibility index (Phi) is 2.69. The molecule has 0 aromatic carbocycles. The lowest BCUT2D eigenvalue weighted by molar-refractivity contribution is 0.0455. The van der Waals surface area contributed by atoms with Gasteiger partial charge in [-0.05, 0) is 6.07 Å². The van der Waals surface area contributed by atoms with E-state index in [9.17, 15) is 0 Å². The Morgan fingerprint density at radius 3 is 3.00 bits per heavy atom. The molecule has 1 aliphatic heterocycles. The van der Waals surface area contributed by atoms with Crippen molar-refractivity contribution in [1.29, 1.82) is 5.41 Å². The van der Waals surface area contributed by atoms with Gasteiger partial charge >= 0.3 is 0 Å². The highest BCUT2D eigenvalue weighted by atomic mass is 32.2. The van der Waals surface area contributed by atoms with Crippen molar-refractivity contribution in [2.75, 3.05) is 13.2 Å². The molecular weight excluding hydrogens is 198 g/mol. The summed E-state index contributed by atoms with van der Waals surface area (Å²) in [5.74, 6) is 0.0927. The average Bonchev–Trinajstić information content (AvgIpc) is 2.12. The lowest BCUT2D eigenvalue weighted by Crippen LogP contribution is -2.30. The number of hydrogen-bond acceptors (Lipinski definition) is 4. The Morgan fingerprint density at radius 2 is 2.43 bits per heavy atom. The molecule has 14 heavy (non-hydrogen) atoms. The Balaban J connectivity index is 2.17. The van der Waals surface area contributed by atoms with E-state index < -0.39 is 0 Å². The van der Waals surface area contributed by atoms with Crippen LogP contribution < -0.4 is 5.73 Å². The van der Waals surface area contributed by atoms with Gasteiger partial charge in [0.15, 0.2) is 0 Å². The van der Waals surface area contributed by atoms with Gasteiger partial charge in [-0.1, -0.05) is 0 Å². The maximum absolute atomic E-state index is 7.40. The van der Waals surface area contributed by atoms with Crippen LogP contribution in [0.5, 0.6) is 0 Å². The number of nitrogens with one attached hydrogen (secondary N) is 1.